The van der Waals surface area contributed by atoms with E-state index in [2.05, 4.69) is 4.18 Å². The van der Waals surface area contributed by atoms with Gasteiger partial charge in [-0.1, -0.05) is 36.4 Å². The summed E-state index contributed by atoms with van der Waals surface area (Å²) in [6, 6.07) is 10.1. The van der Waals surface area contributed by atoms with Crippen LogP contribution < -0.4 is 35.3 Å². The molecule has 2 rings (SSSR count). The predicted molar refractivity (Wildman–Crippen MR) is 82.3 cm³/mol. The van der Waals surface area contributed by atoms with E-state index in [1.165, 1.54) is 6.07 Å². The number of carboxylic acids is 1. The Balaban J connectivity index is 0.00000288. The molecule has 0 saturated carbocycles. The van der Waals surface area contributed by atoms with E-state index >= 15 is 0 Å². The molecule has 0 radical (unpaired) electrons. The molecule has 24 heavy (non-hydrogen) atoms. The van der Waals surface area contributed by atoms with Gasteiger partial charge in [-0.05, 0) is 18.1 Å². The Hall–Kier alpha value is -1.45. The minimum Gasteiger partial charge on any atom is -1.00 e. The molecule has 0 spiro atoms. The Bertz CT molecular complexity index is 813. The van der Waals surface area contributed by atoms with Gasteiger partial charge in [0, 0.05) is 12.0 Å². The van der Waals surface area contributed by atoms with Gasteiger partial charge in [0.25, 0.3) is 0 Å². The van der Waals surface area contributed by atoms with E-state index in [0.29, 0.717) is 11.1 Å². The number of aliphatic carboxylic acids is 1. The van der Waals surface area contributed by atoms with Crippen LogP contribution in [0.15, 0.2) is 47.4 Å². The van der Waals surface area contributed by atoms with E-state index in [1.54, 1.807) is 36.4 Å². The summed E-state index contributed by atoms with van der Waals surface area (Å²) in [5, 5.41) is 8.54. The molecule has 0 fully saturated rings. The van der Waals surface area contributed by atoms with Gasteiger partial charge in [-0.2, -0.15) is 8.42 Å². The molecule has 0 aromatic carbocycles. The third kappa shape index (κ3) is 5.02. The van der Waals surface area contributed by atoms with Crippen molar-refractivity contribution in [3.8, 4) is 11.1 Å². The topological polar surface area (TPSA) is 124 Å². The first kappa shape index (κ1) is 20.6. The maximum Gasteiger partial charge on any atom is 1.00 e. The van der Waals surface area contributed by atoms with Crippen molar-refractivity contribution in [2.75, 3.05) is 0 Å². The number of rotatable bonds is 6. The molecule has 2 aliphatic carbocycles. The van der Waals surface area contributed by atoms with Crippen LogP contribution >= 0.6 is 0 Å². The molecule has 1 atom stereocenters. The minimum atomic E-state index is -4.33. The van der Waals surface area contributed by atoms with E-state index in [0.717, 1.165) is 0 Å². The van der Waals surface area contributed by atoms with Crippen molar-refractivity contribution in [3.63, 3.8) is 0 Å². The van der Waals surface area contributed by atoms with Crippen molar-refractivity contribution >= 4 is 22.1 Å². The third-order valence-electron chi connectivity index (χ3n) is 3.18. The largest absolute Gasteiger partial charge is 1.00 e. The second kappa shape index (κ2) is 8.59. The normalized spacial score (nSPS) is 12.2. The molecular weight excluding hydrogens is 345 g/mol. The molecule has 3 N–H and O–H groups in total. The number of hydrogen-bond donors (Lipinski definition) is 2. The zero-order chi connectivity index (χ0) is 17.0. The average molecular weight is 361 g/mol. The van der Waals surface area contributed by atoms with Crippen LogP contribution in [0, 0.1) is 0 Å². The van der Waals surface area contributed by atoms with Crippen LogP contribution in [-0.4, -0.2) is 31.5 Å². The molecule has 2 aliphatic rings. The van der Waals surface area contributed by atoms with Gasteiger partial charge >= 0.3 is 51.6 Å². The summed E-state index contributed by atoms with van der Waals surface area (Å²) in [6.07, 6.45) is -0.564. The number of hydrogen-bond acceptors (Lipinski definition) is 6. The fourth-order valence-corrected chi connectivity index (χ4v) is 3.14. The minimum absolute atomic E-state index is 0. The first-order valence-corrected chi connectivity index (χ1v) is 8.15. The number of nitrogens with two attached hydrogens (primary N) is 1. The number of fused-ring (bicyclic) bond motifs is 1. The molecule has 0 bridgehead atoms. The van der Waals surface area contributed by atoms with Crippen LogP contribution in [0.4, 0.5) is 0 Å². The van der Waals surface area contributed by atoms with Crippen molar-refractivity contribution < 1.29 is 58.3 Å². The molecule has 0 unspecified atom stereocenters. The van der Waals surface area contributed by atoms with Gasteiger partial charge in [-0.3, -0.25) is 4.79 Å². The molecule has 0 aromatic heterocycles. The maximum atomic E-state index is 12.2. The predicted octanol–water partition coefficient (Wildman–Crippen LogP) is -1.67. The quantitative estimate of drug-likeness (QED) is 0.466. The summed E-state index contributed by atoms with van der Waals surface area (Å²) in [5.74, 6) is -2.31. The van der Waals surface area contributed by atoms with Gasteiger partial charge in [0.05, 0.1) is 0 Å². The average Bonchev–Trinajstić information content (AvgIpc) is 2.75. The summed E-state index contributed by atoms with van der Waals surface area (Å²) in [5.41, 5.74) is 6.56. The maximum absolute atomic E-state index is 12.2. The van der Waals surface area contributed by atoms with Gasteiger partial charge in [0.15, 0.2) is 0 Å². The molecule has 0 aliphatic heterocycles. The van der Waals surface area contributed by atoms with Crippen molar-refractivity contribution in [3.05, 3.63) is 42.5 Å². The molecule has 0 amide bonds. The van der Waals surface area contributed by atoms with E-state index in [-0.39, 0.29) is 48.7 Å². The molecule has 7 nitrogen and oxygen atoms in total. The Kier molecular flexibility index (Phi) is 7.37. The SMILES string of the molecule is N[C@@H](CCC(=O)O)C(=O)OS(=O)(=O)c1ccc2cccccc1-2.[H-].[Na+]. The Morgan fingerprint density at radius 1 is 1.17 bits per heavy atom. The Labute approximate surface area is 163 Å². The number of carbonyl (C=O) groups is 2. The smallest absolute Gasteiger partial charge is 1.00 e. The van der Waals surface area contributed by atoms with Crippen LogP contribution in [0.25, 0.3) is 11.1 Å². The molecule has 0 aromatic rings. The van der Waals surface area contributed by atoms with E-state index in [1.807, 2.05) is 0 Å². The Morgan fingerprint density at radius 3 is 2.50 bits per heavy atom. The van der Waals surface area contributed by atoms with Crippen molar-refractivity contribution in [2.24, 2.45) is 5.73 Å². The molecule has 0 heterocycles. The molecule has 0 saturated heterocycles. The molecule has 9 heteroatoms. The van der Waals surface area contributed by atoms with Gasteiger partial charge in [0.1, 0.15) is 10.9 Å². The van der Waals surface area contributed by atoms with Gasteiger partial charge in [0.2, 0.25) is 0 Å². The zero-order valence-electron chi connectivity index (χ0n) is 14.0. The summed E-state index contributed by atoms with van der Waals surface area (Å²) in [4.78, 5) is 22.1. The van der Waals surface area contributed by atoms with Gasteiger partial charge in [-0.15, -0.1) is 0 Å². The number of carboxylic acid groups (broad SMARTS) is 1. The summed E-state index contributed by atoms with van der Waals surface area (Å²) in [6.45, 7) is 0. The summed E-state index contributed by atoms with van der Waals surface area (Å²) >= 11 is 0. The van der Waals surface area contributed by atoms with Crippen LogP contribution in [0.3, 0.4) is 0 Å². The van der Waals surface area contributed by atoms with Crippen LogP contribution in [-0.2, 0) is 23.9 Å². The van der Waals surface area contributed by atoms with Crippen molar-refractivity contribution in [1.29, 1.82) is 0 Å². The first-order chi connectivity index (χ1) is 10.8. The van der Waals surface area contributed by atoms with Crippen molar-refractivity contribution in [2.45, 2.75) is 23.8 Å². The van der Waals surface area contributed by atoms with Gasteiger partial charge in [-0.25, -0.2) is 4.79 Å². The molecular formula is C15H16NNaO6S. The second-order valence-electron chi connectivity index (χ2n) is 4.87. The first-order valence-electron chi connectivity index (χ1n) is 6.75. The summed E-state index contributed by atoms with van der Waals surface area (Å²) in [7, 11) is -4.33. The Morgan fingerprint density at radius 2 is 1.83 bits per heavy atom. The monoisotopic (exact) mass is 361 g/mol. The molecule has 124 valence electrons. The van der Waals surface area contributed by atoms with E-state index < -0.39 is 28.1 Å². The zero-order valence-corrected chi connectivity index (χ0v) is 15.8. The second-order valence-corrected chi connectivity index (χ2v) is 6.39. The van der Waals surface area contributed by atoms with Gasteiger partial charge < -0.3 is 16.4 Å². The van der Waals surface area contributed by atoms with Crippen LogP contribution in [0.2, 0.25) is 0 Å². The summed E-state index contributed by atoms with van der Waals surface area (Å²) < 4.78 is 29.0. The number of carbonyl (C=O) groups excluding carboxylic acids is 1. The standard InChI is InChI=1S/C15H15NO6S.Na.H/c16-12(7-9-14(17)18)15(19)22-23(20,21)13-8-6-10-4-2-1-3-5-11(10)13;;/h1-6,8,12H,7,9,16H2,(H,17,18);;/q;+1;-1/t12-;;/m0../s1. The fourth-order valence-electron chi connectivity index (χ4n) is 2.02. The van der Waals surface area contributed by atoms with Crippen LogP contribution in [0.5, 0.6) is 0 Å². The fraction of sp³-hybridized carbons (Fsp3) is 0.200. The van der Waals surface area contributed by atoms with Crippen LogP contribution in [0.1, 0.15) is 14.3 Å². The van der Waals surface area contributed by atoms with E-state index in [4.69, 9.17) is 10.8 Å². The van der Waals surface area contributed by atoms with E-state index in [9.17, 15) is 18.0 Å². The third-order valence-corrected chi connectivity index (χ3v) is 4.46. The van der Waals surface area contributed by atoms with Crippen molar-refractivity contribution in [1.82, 2.24) is 0 Å².